The Morgan fingerprint density at radius 2 is 1.50 bits per heavy atom. The van der Waals surface area contributed by atoms with Crippen LogP contribution >= 0.6 is 0 Å². The average Bonchev–Trinajstić information content (AvgIpc) is 1.89. The summed E-state index contributed by atoms with van der Waals surface area (Å²) < 4.78 is 0. The Morgan fingerprint density at radius 3 is 1.50 bits per heavy atom. The zero-order valence-corrected chi connectivity index (χ0v) is 8.02. The Labute approximate surface area is 65.4 Å². The summed E-state index contributed by atoms with van der Waals surface area (Å²) in [5.74, 6) is 0.662. The summed E-state index contributed by atoms with van der Waals surface area (Å²) >= 11 is 0. The summed E-state index contributed by atoms with van der Waals surface area (Å²) in [6, 6.07) is 0. The van der Waals surface area contributed by atoms with E-state index in [4.69, 9.17) is 5.73 Å². The van der Waals surface area contributed by atoms with E-state index in [-0.39, 0.29) is 0 Å². The molecule has 2 nitrogen and oxygen atoms in total. The molecule has 0 aromatic carbocycles. The van der Waals surface area contributed by atoms with Gasteiger partial charge in [0.15, 0.2) is 0 Å². The zero-order valence-electron chi connectivity index (χ0n) is 8.02. The van der Waals surface area contributed by atoms with E-state index in [1.165, 1.54) is 0 Å². The summed E-state index contributed by atoms with van der Waals surface area (Å²) in [6.45, 7) is 8.26. The first-order chi connectivity index (χ1) is 4.54. The van der Waals surface area contributed by atoms with Crippen molar-refractivity contribution >= 4 is 0 Å². The number of hydrogen-bond donors (Lipinski definition) is 1. The third-order valence-electron chi connectivity index (χ3n) is 1.10. The van der Waals surface area contributed by atoms with Crippen LogP contribution in [-0.4, -0.2) is 32.1 Å². The molecule has 64 valence electrons. The lowest BCUT2D eigenvalue weighted by molar-refractivity contribution is 0.434. The third-order valence-corrected chi connectivity index (χ3v) is 1.10. The minimum Gasteiger partial charge on any atom is -0.330 e. The molecule has 0 rings (SSSR count). The summed E-state index contributed by atoms with van der Waals surface area (Å²) in [4.78, 5) is 2.12. The predicted octanol–water partition coefficient (Wildman–Crippen LogP) is 1.17. The predicted molar refractivity (Wildman–Crippen MR) is 48.1 cm³/mol. The van der Waals surface area contributed by atoms with E-state index in [0.29, 0.717) is 5.92 Å². The number of hydrogen-bond acceptors (Lipinski definition) is 2. The highest BCUT2D eigenvalue weighted by atomic mass is 15.0. The lowest BCUT2D eigenvalue weighted by atomic mass is 10.2. The molecule has 0 unspecified atom stereocenters. The average molecular weight is 146 g/mol. The fourth-order valence-electron chi connectivity index (χ4n) is 0. The van der Waals surface area contributed by atoms with Gasteiger partial charge in [-0.2, -0.15) is 0 Å². The SMILES string of the molecule is CC(C)CN.CCN(C)C. The van der Waals surface area contributed by atoms with Gasteiger partial charge >= 0.3 is 0 Å². The number of rotatable bonds is 2. The van der Waals surface area contributed by atoms with E-state index in [2.05, 4.69) is 39.8 Å². The topological polar surface area (TPSA) is 29.3 Å². The molecule has 0 atom stereocenters. The van der Waals surface area contributed by atoms with Gasteiger partial charge in [-0.1, -0.05) is 20.8 Å². The first kappa shape index (κ1) is 12.6. The monoisotopic (exact) mass is 146 g/mol. The van der Waals surface area contributed by atoms with Crippen LogP contribution < -0.4 is 5.73 Å². The molecule has 0 spiro atoms. The molecule has 0 bridgehead atoms. The second kappa shape index (κ2) is 8.92. The summed E-state index contributed by atoms with van der Waals surface area (Å²) in [5.41, 5.74) is 5.17. The van der Waals surface area contributed by atoms with Crippen molar-refractivity contribution in [3.05, 3.63) is 0 Å². The van der Waals surface area contributed by atoms with Crippen LogP contribution in [0.2, 0.25) is 0 Å². The molecule has 2 N–H and O–H groups in total. The highest BCUT2D eigenvalue weighted by Crippen LogP contribution is 1.81. The minimum atomic E-state index is 0.662. The smallest absolute Gasteiger partial charge is 0.00533 e. The van der Waals surface area contributed by atoms with Gasteiger partial charge in [0.25, 0.3) is 0 Å². The Morgan fingerprint density at radius 1 is 1.30 bits per heavy atom. The van der Waals surface area contributed by atoms with Gasteiger partial charge in [0.2, 0.25) is 0 Å². The van der Waals surface area contributed by atoms with Crippen LogP contribution in [0, 0.1) is 5.92 Å². The van der Waals surface area contributed by atoms with Crippen LogP contribution in [0.5, 0.6) is 0 Å². The maximum absolute atomic E-state index is 5.17. The number of nitrogens with zero attached hydrogens (tertiary/aromatic N) is 1. The van der Waals surface area contributed by atoms with E-state index in [1.807, 2.05) is 0 Å². The fraction of sp³-hybridized carbons (Fsp3) is 1.00. The van der Waals surface area contributed by atoms with Gasteiger partial charge in [0.05, 0.1) is 0 Å². The molecule has 0 heterocycles. The van der Waals surface area contributed by atoms with Crippen molar-refractivity contribution in [2.45, 2.75) is 20.8 Å². The maximum atomic E-state index is 5.17. The van der Waals surface area contributed by atoms with Crippen molar-refractivity contribution in [2.24, 2.45) is 11.7 Å². The molecule has 0 amide bonds. The van der Waals surface area contributed by atoms with Crippen molar-refractivity contribution in [2.75, 3.05) is 27.2 Å². The van der Waals surface area contributed by atoms with Crippen LogP contribution in [0.1, 0.15) is 20.8 Å². The van der Waals surface area contributed by atoms with Gasteiger partial charge in [0.1, 0.15) is 0 Å². The zero-order chi connectivity index (χ0) is 8.57. The normalized spacial score (nSPS) is 9.60. The van der Waals surface area contributed by atoms with E-state index < -0.39 is 0 Å². The Hall–Kier alpha value is -0.0800. The molecule has 2 heteroatoms. The van der Waals surface area contributed by atoms with E-state index >= 15 is 0 Å². The summed E-state index contributed by atoms with van der Waals surface area (Å²) in [7, 11) is 4.11. The summed E-state index contributed by atoms with van der Waals surface area (Å²) in [6.07, 6.45) is 0. The van der Waals surface area contributed by atoms with Crippen LogP contribution in [-0.2, 0) is 0 Å². The fourth-order valence-corrected chi connectivity index (χ4v) is 0. The molecule has 0 saturated carbocycles. The molecule has 0 fully saturated rings. The number of nitrogens with two attached hydrogens (primary N) is 1. The largest absolute Gasteiger partial charge is 0.330 e. The molecule has 0 aliphatic heterocycles. The Balaban J connectivity index is 0. The molecule has 0 aliphatic carbocycles. The molecular weight excluding hydrogens is 124 g/mol. The van der Waals surface area contributed by atoms with E-state index in [1.54, 1.807) is 0 Å². The lowest BCUT2D eigenvalue weighted by Crippen LogP contribution is -2.08. The highest BCUT2D eigenvalue weighted by Gasteiger charge is 1.80. The summed E-state index contributed by atoms with van der Waals surface area (Å²) in [5, 5.41) is 0. The molecular formula is C8H22N2. The standard InChI is InChI=1S/2C4H11N/c1-4-5(2)3;1-4(2)3-5/h4H2,1-3H3;4H,3,5H2,1-2H3. The van der Waals surface area contributed by atoms with Crippen LogP contribution in [0.4, 0.5) is 0 Å². The molecule has 0 saturated heterocycles. The van der Waals surface area contributed by atoms with Crippen LogP contribution in [0.25, 0.3) is 0 Å². The van der Waals surface area contributed by atoms with Crippen molar-refractivity contribution in [3.63, 3.8) is 0 Å². The van der Waals surface area contributed by atoms with Gasteiger partial charge in [-0.3, -0.25) is 0 Å². The third kappa shape index (κ3) is 24.7. The van der Waals surface area contributed by atoms with Crippen molar-refractivity contribution in [3.8, 4) is 0 Å². The second-order valence-corrected chi connectivity index (χ2v) is 3.03. The quantitative estimate of drug-likeness (QED) is 0.633. The maximum Gasteiger partial charge on any atom is -0.00533 e. The van der Waals surface area contributed by atoms with Crippen molar-refractivity contribution in [1.82, 2.24) is 4.90 Å². The first-order valence-corrected chi connectivity index (χ1v) is 3.89. The van der Waals surface area contributed by atoms with Gasteiger partial charge in [0, 0.05) is 0 Å². The van der Waals surface area contributed by atoms with Gasteiger partial charge in [-0.05, 0) is 33.1 Å². The lowest BCUT2D eigenvalue weighted by Gasteiger charge is -2.00. The molecule has 10 heavy (non-hydrogen) atoms. The minimum absolute atomic E-state index is 0.662. The second-order valence-electron chi connectivity index (χ2n) is 3.03. The van der Waals surface area contributed by atoms with Gasteiger partial charge in [-0.25, -0.2) is 0 Å². The van der Waals surface area contributed by atoms with E-state index in [0.717, 1.165) is 13.1 Å². The van der Waals surface area contributed by atoms with Crippen LogP contribution in [0.3, 0.4) is 0 Å². The van der Waals surface area contributed by atoms with Gasteiger partial charge in [-0.15, -0.1) is 0 Å². The van der Waals surface area contributed by atoms with Crippen molar-refractivity contribution in [1.29, 1.82) is 0 Å². The first-order valence-electron chi connectivity index (χ1n) is 3.89. The van der Waals surface area contributed by atoms with Crippen LogP contribution in [0.15, 0.2) is 0 Å². The van der Waals surface area contributed by atoms with Crippen molar-refractivity contribution < 1.29 is 0 Å². The van der Waals surface area contributed by atoms with E-state index in [9.17, 15) is 0 Å². The Kier molecular flexibility index (Phi) is 11.2. The Bertz CT molecular complexity index is 43.2. The van der Waals surface area contributed by atoms with Gasteiger partial charge < -0.3 is 10.6 Å². The highest BCUT2D eigenvalue weighted by molar-refractivity contribution is 4.38. The molecule has 0 aromatic heterocycles. The molecule has 0 aromatic rings. The molecule has 0 radical (unpaired) electrons. The molecule has 0 aliphatic rings.